The van der Waals surface area contributed by atoms with Crippen LogP contribution in [0.5, 0.6) is 0 Å². The lowest BCUT2D eigenvalue weighted by Gasteiger charge is -2.35. The van der Waals surface area contributed by atoms with Crippen molar-refractivity contribution in [2.45, 2.75) is 31.8 Å². The van der Waals surface area contributed by atoms with Crippen LogP contribution in [0.1, 0.15) is 19.8 Å². The van der Waals surface area contributed by atoms with E-state index < -0.39 is 11.6 Å². The molecule has 0 amide bonds. The standard InChI is InChI=1S/C13H18F2N2/c1-9-7-11(5-6-17(9)2)16-13-4-3-10(14)8-12(13)15/h3-4,8-9,11,16H,5-7H2,1-2H3. The Balaban J connectivity index is 2.01. The number of hydrogen-bond donors (Lipinski definition) is 1. The molecule has 1 N–H and O–H groups in total. The number of nitrogens with zero attached hydrogens (tertiary/aromatic N) is 1. The summed E-state index contributed by atoms with van der Waals surface area (Å²) in [6.45, 7) is 3.16. The molecule has 17 heavy (non-hydrogen) atoms. The zero-order chi connectivity index (χ0) is 12.4. The van der Waals surface area contributed by atoms with Crippen molar-refractivity contribution in [2.24, 2.45) is 0 Å². The van der Waals surface area contributed by atoms with Crippen molar-refractivity contribution in [1.82, 2.24) is 4.90 Å². The van der Waals surface area contributed by atoms with E-state index in [1.54, 1.807) is 0 Å². The molecule has 0 saturated carbocycles. The SMILES string of the molecule is CC1CC(Nc2ccc(F)cc2F)CCN1C. The van der Waals surface area contributed by atoms with Crippen molar-refractivity contribution < 1.29 is 8.78 Å². The number of rotatable bonds is 2. The summed E-state index contributed by atoms with van der Waals surface area (Å²) in [4.78, 5) is 2.29. The maximum absolute atomic E-state index is 13.5. The molecule has 4 heteroatoms. The first-order chi connectivity index (χ1) is 8.06. The van der Waals surface area contributed by atoms with E-state index in [2.05, 4.69) is 24.2 Å². The van der Waals surface area contributed by atoms with Gasteiger partial charge in [-0.3, -0.25) is 0 Å². The van der Waals surface area contributed by atoms with Gasteiger partial charge in [0, 0.05) is 24.7 Å². The van der Waals surface area contributed by atoms with Crippen LogP contribution in [-0.2, 0) is 0 Å². The molecule has 1 fully saturated rings. The van der Waals surface area contributed by atoms with Crippen molar-refractivity contribution >= 4 is 5.69 Å². The Morgan fingerprint density at radius 3 is 2.76 bits per heavy atom. The number of halogens is 2. The van der Waals surface area contributed by atoms with E-state index in [4.69, 9.17) is 0 Å². The molecular weight excluding hydrogens is 222 g/mol. The van der Waals surface area contributed by atoms with Crippen molar-refractivity contribution in [1.29, 1.82) is 0 Å². The fraction of sp³-hybridized carbons (Fsp3) is 0.538. The second-order valence-corrected chi connectivity index (χ2v) is 4.82. The average Bonchev–Trinajstić information content (AvgIpc) is 2.27. The topological polar surface area (TPSA) is 15.3 Å². The first-order valence-electron chi connectivity index (χ1n) is 5.98. The quantitative estimate of drug-likeness (QED) is 0.855. The fourth-order valence-electron chi connectivity index (χ4n) is 2.25. The monoisotopic (exact) mass is 240 g/mol. The zero-order valence-electron chi connectivity index (χ0n) is 10.2. The summed E-state index contributed by atoms with van der Waals surface area (Å²) >= 11 is 0. The second-order valence-electron chi connectivity index (χ2n) is 4.82. The molecule has 0 aliphatic carbocycles. The highest BCUT2D eigenvalue weighted by atomic mass is 19.1. The normalized spacial score (nSPS) is 25.9. The molecule has 2 atom stereocenters. The number of nitrogens with one attached hydrogen (secondary N) is 1. The van der Waals surface area contributed by atoms with Gasteiger partial charge in [0.25, 0.3) is 0 Å². The third kappa shape index (κ3) is 2.94. The van der Waals surface area contributed by atoms with Gasteiger partial charge in [0.1, 0.15) is 11.6 Å². The Labute approximate surface area is 101 Å². The summed E-state index contributed by atoms with van der Waals surface area (Å²) in [7, 11) is 2.10. The van der Waals surface area contributed by atoms with Gasteiger partial charge in [-0.05, 0) is 38.9 Å². The largest absolute Gasteiger partial charge is 0.380 e. The number of piperidine rings is 1. The summed E-state index contributed by atoms with van der Waals surface area (Å²) < 4.78 is 26.2. The Morgan fingerprint density at radius 2 is 2.12 bits per heavy atom. The molecule has 1 heterocycles. The van der Waals surface area contributed by atoms with Gasteiger partial charge in [-0.2, -0.15) is 0 Å². The molecule has 1 aliphatic rings. The molecule has 94 valence electrons. The van der Waals surface area contributed by atoms with Crippen LogP contribution in [0.4, 0.5) is 14.5 Å². The number of hydrogen-bond acceptors (Lipinski definition) is 2. The van der Waals surface area contributed by atoms with E-state index in [-0.39, 0.29) is 6.04 Å². The molecule has 1 aromatic carbocycles. The van der Waals surface area contributed by atoms with Crippen LogP contribution in [0.3, 0.4) is 0 Å². The second kappa shape index (κ2) is 5.00. The van der Waals surface area contributed by atoms with Crippen molar-refractivity contribution in [3.63, 3.8) is 0 Å². The molecular formula is C13H18F2N2. The van der Waals surface area contributed by atoms with Crippen LogP contribution >= 0.6 is 0 Å². The molecule has 0 spiro atoms. The Kier molecular flexibility index (Phi) is 3.62. The summed E-state index contributed by atoms with van der Waals surface area (Å²) in [5.41, 5.74) is 0.396. The van der Waals surface area contributed by atoms with Gasteiger partial charge in [0.2, 0.25) is 0 Å². The van der Waals surface area contributed by atoms with E-state index in [1.165, 1.54) is 12.1 Å². The first-order valence-corrected chi connectivity index (χ1v) is 5.98. The summed E-state index contributed by atoms with van der Waals surface area (Å²) in [6, 6.07) is 4.42. The minimum atomic E-state index is -0.537. The van der Waals surface area contributed by atoms with Gasteiger partial charge in [0.15, 0.2) is 0 Å². The predicted molar refractivity (Wildman–Crippen MR) is 65.1 cm³/mol. The highest BCUT2D eigenvalue weighted by Crippen LogP contribution is 2.22. The molecule has 2 nitrogen and oxygen atoms in total. The molecule has 1 aliphatic heterocycles. The van der Waals surface area contributed by atoms with Crippen LogP contribution < -0.4 is 5.32 Å². The van der Waals surface area contributed by atoms with E-state index in [0.29, 0.717) is 11.7 Å². The van der Waals surface area contributed by atoms with Gasteiger partial charge >= 0.3 is 0 Å². The van der Waals surface area contributed by atoms with E-state index >= 15 is 0 Å². The van der Waals surface area contributed by atoms with Crippen molar-refractivity contribution in [3.8, 4) is 0 Å². The molecule has 0 aromatic heterocycles. The molecule has 2 rings (SSSR count). The van der Waals surface area contributed by atoms with Gasteiger partial charge in [-0.15, -0.1) is 0 Å². The van der Waals surface area contributed by atoms with E-state index in [1.807, 2.05) is 0 Å². The molecule has 1 saturated heterocycles. The van der Waals surface area contributed by atoms with Crippen LogP contribution in [0.2, 0.25) is 0 Å². The lowest BCUT2D eigenvalue weighted by Crippen LogP contribution is -2.42. The molecule has 0 radical (unpaired) electrons. The summed E-state index contributed by atoms with van der Waals surface area (Å²) in [5, 5.41) is 3.16. The lowest BCUT2D eigenvalue weighted by molar-refractivity contribution is 0.190. The van der Waals surface area contributed by atoms with Crippen LogP contribution in [0.15, 0.2) is 18.2 Å². The minimum Gasteiger partial charge on any atom is -0.380 e. The fourth-order valence-corrected chi connectivity index (χ4v) is 2.25. The third-order valence-corrected chi connectivity index (χ3v) is 3.50. The molecule has 0 bridgehead atoms. The predicted octanol–water partition coefficient (Wildman–Crippen LogP) is 2.86. The average molecular weight is 240 g/mol. The smallest absolute Gasteiger partial charge is 0.149 e. The van der Waals surface area contributed by atoms with Crippen LogP contribution in [0, 0.1) is 11.6 Å². The van der Waals surface area contributed by atoms with E-state index in [9.17, 15) is 8.78 Å². The molecule has 2 unspecified atom stereocenters. The first kappa shape index (κ1) is 12.3. The lowest BCUT2D eigenvalue weighted by atomic mass is 9.98. The summed E-state index contributed by atoms with van der Waals surface area (Å²) in [5.74, 6) is -1.05. The number of anilines is 1. The third-order valence-electron chi connectivity index (χ3n) is 3.50. The van der Waals surface area contributed by atoms with Gasteiger partial charge in [-0.25, -0.2) is 8.78 Å². The minimum absolute atomic E-state index is 0.265. The van der Waals surface area contributed by atoms with E-state index in [0.717, 1.165) is 25.5 Å². The maximum atomic E-state index is 13.5. The Morgan fingerprint density at radius 1 is 1.35 bits per heavy atom. The van der Waals surface area contributed by atoms with Crippen molar-refractivity contribution in [2.75, 3.05) is 18.9 Å². The maximum Gasteiger partial charge on any atom is 0.149 e. The van der Waals surface area contributed by atoms with Crippen LogP contribution in [-0.4, -0.2) is 30.6 Å². The zero-order valence-corrected chi connectivity index (χ0v) is 10.2. The number of likely N-dealkylation sites (tertiary alicyclic amines) is 1. The highest BCUT2D eigenvalue weighted by Gasteiger charge is 2.23. The van der Waals surface area contributed by atoms with Crippen LogP contribution in [0.25, 0.3) is 0 Å². The van der Waals surface area contributed by atoms with Gasteiger partial charge < -0.3 is 10.2 Å². The molecule has 1 aromatic rings. The summed E-state index contributed by atoms with van der Waals surface area (Å²) in [6.07, 6.45) is 1.96. The van der Waals surface area contributed by atoms with Gasteiger partial charge in [-0.1, -0.05) is 0 Å². The van der Waals surface area contributed by atoms with Gasteiger partial charge in [0.05, 0.1) is 5.69 Å². The Hall–Kier alpha value is -1.16. The van der Waals surface area contributed by atoms with Crippen molar-refractivity contribution in [3.05, 3.63) is 29.8 Å². The Bertz CT molecular complexity index is 395. The number of benzene rings is 1. The highest BCUT2D eigenvalue weighted by molar-refractivity contribution is 5.45.